The molecule has 2 unspecified atom stereocenters. The summed E-state index contributed by atoms with van der Waals surface area (Å²) in [6.45, 7) is 9.63. The standard InChI is InChI=1S/C16H24ClNO/c1-5-19-15-10-14(16(15,3)4)18-11(2)12-6-8-13(17)9-7-12/h6-9,11,14-15,18H,5,10H2,1-4H3/t11-,14?,15?/m1/s1. The van der Waals surface area contributed by atoms with Crippen LogP contribution in [0.5, 0.6) is 0 Å². The zero-order chi connectivity index (χ0) is 14.0. The summed E-state index contributed by atoms with van der Waals surface area (Å²) in [6.07, 6.45) is 1.48. The number of nitrogens with one attached hydrogen (secondary N) is 1. The van der Waals surface area contributed by atoms with Crippen molar-refractivity contribution >= 4 is 11.6 Å². The lowest BCUT2D eigenvalue weighted by molar-refractivity contribution is -0.116. The van der Waals surface area contributed by atoms with Gasteiger partial charge in [0, 0.05) is 29.1 Å². The van der Waals surface area contributed by atoms with Crippen LogP contribution in [-0.4, -0.2) is 18.8 Å². The minimum absolute atomic E-state index is 0.205. The van der Waals surface area contributed by atoms with Crippen molar-refractivity contribution in [2.45, 2.75) is 52.3 Å². The van der Waals surface area contributed by atoms with Crippen molar-refractivity contribution in [1.82, 2.24) is 5.32 Å². The molecule has 3 atom stereocenters. The fraction of sp³-hybridized carbons (Fsp3) is 0.625. The van der Waals surface area contributed by atoms with Crippen molar-refractivity contribution in [3.63, 3.8) is 0 Å². The van der Waals surface area contributed by atoms with E-state index in [0.29, 0.717) is 18.2 Å². The average Bonchev–Trinajstić information content (AvgIpc) is 2.38. The Morgan fingerprint density at radius 3 is 2.53 bits per heavy atom. The molecule has 3 heteroatoms. The Balaban J connectivity index is 1.93. The topological polar surface area (TPSA) is 21.3 Å². The van der Waals surface area contributed by atoms with Gasteiger partial charge in [-0.25, -0.2) is 0 Å². The molecule has 0 bridgehead atoms. The van der Waals surface area contributed by atoms with E-state index in [-0.39, 0.29) is 5.41 Å². The quantitative estimate of drug-likeness (QED) is 0.874. The summed E-state index contributed by atoms with van der Waals surface area (Å²) in [6, 6.07) is 8.92. The molecule has 1 aromatic carbocycles. The molecule has 0 aliphatic heterocycles. The summed E-state index contributed by atoms with van der Waals surface area (Å²) < 4.78 is 5.77. The van der Waals surface area contributed by atoms with Crippen LogP contribution in [0, 0.1) is 5.41 Å². The first kappa shape index (κ1) is 14.8. The lowest BCUT2D eigenvalue weighted by Gasteiger charge is -2.52. The second kappa shape index (κ2) is 5.82. The van der Waals surface area contributed by atoms with Crippen LogP contribution >= 0.6 is 11.6 Å². The largest absolute Gasteiger partial charge is 0.378 e. The Bertz CT molecular complexity index is 415. The molecule has 1 N–H and O–H groups in total. The van der Waals surface area contributed by atoms with Gasteiger partial charge in [0.15, 0.2) is 0 Å². The maximum Gasteiger partial charge on any atom is 0.0655 e. The number of hydrogen-bond donors (Lipinski definition) is 1. The van der Waals surface area contributed by atoms with Crippen LogP contribution in [0.15, 0.2) is 24.3 Å². The van der Waals surface area contributed by atoms with Gasteiger partial charge in [-0.3, -0.25) is 0 Å². The maximum absolute atomic E-state index is 5.92. The second-order valence-electron chi connectivity index (χ2n) is 5.99. The molecule has 19 heavy (non-hydrogen) atoms. The van der Waals surface area contributed by atoms with Gasteiger partial charge in [-0.1, -0.05) is 37.6 Å². The molecular formula is C16H24ClNO. The SMILES string of the molecule is CCOC1CC(N[C@H](C)c2ccc(Cl)cc2)C1(C)C. The summed E-state index contributed by atoms with van der Waals surface area (Å²) in [5, 5.41) is 4.50. The van der Waals surface area contributed by atoms with Crippen molar-refractivity contribution in [3.05, 3.63) is 34.9 Å². The molecular weight excluding hydrogens is 258 g/mol. The average molecular weight is 282 g/mol. The van der Waals surface area contributed by atoms with Crippen molar-refractivity contribution in [1.29, 1.82) is 0 Å². The van der Waals surface area contributed by atoms with Gasteiger partial charge in [0.05, 0.1) is 6.10 Å². The van der Waals surface area contributed by atoms with Gasteiger partial charge in [0.1, 0.15) is 0 Å². The van der Waals surface area contributed by atoms with Gasteiger partial charge in [-0.15, -0.1) is 0 Å². The molecule has 106 valence electrons. The third-order valence-corrected chi connectivity index (χ3v) is 4.62. The Hall–Kier alpha value is -0.570. The minimum Gasteiger partial charge on any atom is -0.378 e. The number of hydrogen-bond acceptors (Lipinski definition) is 2. The number of ether oxygens (including phenoxy) is 1. The molecule has 0 aromatic heterocycles. The third-order valence-electron chi connectivity index (χ3n) is 4.37. The smallest absolute Gasteiger partial charge is 0.0655 e. The zero-order valence-electron chi connectivity index (χ0n) is 12.2. The highest BCUT2D eigenvalue weighted by atomic mass is 35.5. The van der Waals surface area contributed by atoms with E-state index in [1.165, 1.54) is 5.56 Å². The van der Waals surface area contributed by atoms with E-state index in [1.54, 1.807) is 0 Å². The normalized spacial score (nSPS) is 26.8. The van der Waals surface area contributed by atoms with Crippen LogP contribution in [0.2, 0.25) is 5.02 Å². The summed E-state index contributed by atoms with van der Waals surface area (Å²) in [7, 11) is 0. The van der Waals surface area contributed by atoms with Gasteiger partial charge >= 0.3 is 0 Å². The first-order chi connectivity index (χ1) is 8.95. The fourth-order valence-corrected chi connectivity index (χ4v) is 2.93. The first-order valence-corrected chi connectivity index (χ1v) is 7.46. The Morgan fingerprint density at radius 2 is 2.00 bits per heavy atom. The maximum atomic E-state index is 5.92. The first-order valence-electron chi connectivity index (χ1n) is 7.08. The minimum atomic E-state index is 0.205. The lowest BCUT2D eigenvalue weighted by atomic mass is 9.64. The van der Waals surface area contributed by atoms with Crippen LogP contribution in [0.25, 0.3) is 0 Å². The highest BCUT2D eigenvalue weighted by Crippen LogP contribution is 2.43. The molecule has 1 fully saturated rings. The molecule has 1 saturated carbocycles. The van der Waals surface area contributed by atoms with E-state index in [4.69, 9.17) is 16.3 Å². The number of benzene rings is 1. The predicted octanol–water partition coefficient (Wildman–Crippen LogP) is 4.19. The molecule has 0 spiro atoms. The Kier molecular flexibility index (Phi) is 4.54. The second-order valence-corrected chi connectivity index (χ2v) is 6.43. The zero-order valence-corrected chi connectivity index (χ0v) is 13.0. The van der Waals surface area contributed by atoms with Gasteiger partial charge in [-0.2, -0.15) is 0 Å². The summed E-state index contributed by atoms with van der Waals surface area (Å²) in [5.74, 6) is 0. The lowest BCUT2D eigenvalue weighted by Crippen LogP contribution is -2.61. The van der Waals surface area contributed by atoms with Crippen LogP contribution in [0.4, 0.5) is 0 Å². The third kappa shape index (κ3) is 3.13. The van der Waals surface area contributed by atoms with Crippen LogP contribution < -0.4 is 5.32 Å². The van der Waals surface area contributed by atoms with Gasteiger partial charge in [0.2, 0.25) is 0 Å². The molecule has 0 amide bonds. The fourth-order valence-electron chi connectivity index (χ4n) is 2.80. The van der Waals surface area contributed by atoms with Crippen LogP contribution in [-0.2, 0) is 4.74 Å². The number of rotatable bonds is 5. The predicted molar refractivity (Wildman–Crippen MR) is 80.6 cm³/mol. The van der Waals surface area contributed by atoms with Crippen LogP contribution in [0.1, 0.15) is 45.7 Å². The van der Waals surface area contributed by atoms with Crippen molar-refractivity contribution < 1.29 is 4.74 Å². The molecule has 2 rings (SSSR count). The molecule has 2 nitrogen and oxygen atoms in total. The van der Waals surface area contributed by atoms with Gasteiger partial charge in [0.25, 0.3) is 0 Å². The van der Waals surface area contributed by atoms with E-state index in [9.17, 15) is 0 Å². The van der Waals surface area contributed by atoms with Crippen molar-refractivity contribution in [2.24, 2.45) is 5.41 Å². The van der Waals surface area contributed by atoms with E-state index in [0.717, 1.165) is 18.1 Å². The van der Waals surface area contributed by atoms with Gasteiger partial charge < -0.3 is 10.1 Å². The van der Waals surface area contributed by atoms with E-state index >= 15 is 0 Å². The highest BCUT2D eigenvalue weighted by Gasteiger charge is 2.48. The molecule has 1 aromatic rings. The molecule has 1 aliphatic carbocycles. The van der Waals surface area contributed by atoms with Crippen LogP contribution in [0.3, 0.4) is 0 Å². The van der Waals surface area contributed by atoms with Crippen molar-refractivity contribution in [2.75, 3.05) is 6.61 Å². The van der Waals surface area contributed by atoms with E-state index in [2.05, 4.69) is 45.1 Å². The van der Waals surface area contributed by atoms with Gasteiger partial charge in [-0.05, 0) is 38.0 Å². The highest BCUT2D eigenvalue weighted by molar-refractivity contribution is 6.30. The molecule has 0 heterocycles. The molecule has 1 aliphatic rings. The summed E-state index contributed by atoms with van der Waals surface area (Å²) in [5.41, 5.74) is 1.48. The monoisotopic (exact) mass is 281 g/mol. The Morgan fingerprint density at radius 1 is 1.37 bits per heavy atom. The molecule has 0 radical (unpaired) electrons. The summed E-state index contributed by atoms with van der Waals surface area (Å²) >= 11 is 5.92. The van der Waals surface area contributed by atoms with E-state index in [1.807, 2.05) is 12.1 Å². The Labute approximate surface area is 121 Å². The van der Waals surface area contributed by atoms with E-state index < -0.39 is 0 Å². The number of halogens is 1. The van der Waals surface area contributed by atoms with Crippen molar-refractivity contribution in [3.8, 4) is 0 Å². The summed E-state index contributed by atoms with van der Waals surface area (Å²) in [4.78, 5) is 0. The molecule has 0 saturated heterocycles.